The van der Waals surface area contributed by atoms with Crippen molar-refractivity contribution in [2.75, 3.05) is 26.8 Å². The molecule has 1 aliphatic rings. The van der Waals surface area contributed by atoms with E-state index in [0.29, 0.717) is 6.61 Å². The molecule has 6 heteroatoms. The second-order valence-electron chi connectivity index (χ2n) is 4.55. The van der Waals surface area contributed by atoms with E-state index < -0.39 is 0 Å². The number of nitrogens with one attached hydrogen (secondary N) is 1. The third-order valence-corrected chi connectivity index (χ3v) is 3.18. The van der Waals surface area contributed by atoms with Gasteiger partial charge in [-0.3, -0.25) is 4.99 Å². The predicted molar refractivity (Wildman–Crippen MR) is 72.7 cm³/mol. The van der Waals surface area contributed by atoms with Gasteiger partial charge in [-0.15, -0.1) is 0 Å². The van der Waals surface area contributed by atoms with Crippen LogP contribution in [0.4, 0.5) is 0 Å². The molecule has 0 saturated heterocycles. The van der Waals surface area contributed by atoms with E-state index in [1.165, 1.54) is 0 Å². The lowest BCUT2D eigenvalue weighted by Crippen LogP contribution is -2.20. The smallest absolute Gasteiger partial charge is 0.166 e. The first-order valence-corrected chi connectivity index (χ1v) is 6.42. The molecule has 0 fully saturated rings. The van der Waals surface area contributed by atoms with Crippen molar-refractivity contribution >= 4 is 11.5 Å². The quantitative estimate of drug-likeness (QED) is 0.872. The number of aliphatic imine (C=N–C) groups is 1. The monoisotopic (exact) mass is 259 g/mol. The van der Waals surface area contributed by atoms with Gasteiger partial charge in [-0.1, -0.05) is 0 Å². The first-order valence-electron chi connectivity index (χ1n) is 6.42. The van der Waals surface area contributed by atoms with E-state index in [1.54, 1.807) is 7.11 Å². The Morgan fingerprint density at radius 1 is 1.42 bits per heavy atom. The van der Waals surface area contributed by atoms with Gasteiger partial charge in [-0.2, -0.15) is 5.10 Å². The van der Waals surface area contributed by atoms with Gasteiger partial charge >= 0.3 is 0 Å². The Balaban J connectivity index is 2.07. The fraction of sp³-hybridized carbons (Fsp3) is 0.462. The standard InChI is InChI=1S/C13H17N5O/c1-9-3-4-10(12-14-6-7-15-12)13-16-11(5-8-19-2)17-18(9)13/h3-4H,5-8H2,1-2H3,(H,14,15). The van der Waals surface area contributed by atoms with Crippen molar-refractivity contribution in [2.45, 2.75) is 13.3 Å². The molecule has 1 N–H and O–H groups in total. The van der Waals surface area contributed by atoms with Crippen LogP contribution in [0.1, 0.15) is 17.1 Å². The molecule has 0 spiro atoms. The van der Waals surface area contributed by atoms with Gasteiger partial charge in [-0.25, -0.2) is 9.50 Å². The molecule has 0 unspecified atom stereocenters. The molecule has 100 valence electrons. The Kier molecular flexibility index (Phi) is 3.16. The molecule has 0 bridgehead atoms. The van der Waals surface area contributed by atoms with Crippen molar-refractivity contribution in [3.05, 3.63) is 29.2 Å². The van der Waals surface area contributed by atoms with Crippen LogP contribution in [0.3, 0.4) is 0 Å². The number of aromatic nitrogens is 3. The molecular weight excluding hydrogens is 242 g/mol. The minimum absolute atomic E-state index is 0.629. The summed E-state index contributed by atoms with van der Waals surface area (Å²) in [6, 6.07) is 4.09. The maximum atomic E-state index is 5.08. The molecule has 2 aromatic heterocycles. The SMILES string of the molecule is COCCc1nc2c(C3=NCCN3)ccc(C)n2n1. The van der Waals surface area contributed by atoms with Gasteiger partial charge in [0.05, 0.1) is 18.7 Å². The maximum Gasteiger partial charge on any atom is 0.166 e. The topological polar surface area (TPSA) is 63.8 Å². The molecular formula is C13H17N5O. The van der Waals surface area contributed by atoms with Crippen molar-refractivity contribution in [1.82, 2.24) is 19.9 Å². The summed E-state index contributed by atoms with van der Waals surface area (Å²) >= 11 is 0. The van der Waals surface area contributed by atoms with E-state index in [0.717, 1.165) is 48.1 Å². The summed E-state index contributed by atoms with van der Waals surface area (Å²) in [5, 5.41) is 7.81. The van der Waals surface area contributed by atoms with Crippen molar-refractivity contribution < 1.29 is 4.74 Å². The number of hydrogen-bond donors (Lipinski definition) is 1. The highest BCUT2D eigenvalue weighted by molar-refractivity contribution is 6.04. The van der Waals surface area contributed by atoms with Crippen LogP contribution in [0.2, 0.25) is 0 Å². The number of ether oxygens (including phenoxy) is 1. The molecule has 0 aliphatic carbocycles. The van der Waals surface area contributed by atoms with Crippen molar-refractivity contribution in [3.8, 4) is 0 Å². The molecule has 6 nitrogen and oxygen atoms in total. The molecule has 3 heterocycles. The number of fused-ring (bicyclic) bond motifs is 1. The van der Waals surface area contributed by atoms with Gasteiger partial charge in [0.2, 0.25) is 0 Å². The molecule has 0 atom stereocenters. The third-order valence-electron chi connectivity index (χ3n) is 3.18. The highest BCUT2D eigenvalue weighted by atomic mass is 16.5. The third kappa shape index (κ3) is 2.19. The van der Waals surface area contributed by atoms with Crippen LogP contribution in [-0.2, 0) is 11.2 Å². The number of methoxy groups -OCH3 is 1. The minimum atomic E-state index is 0.629. The largest absolute Gasteiger partial charge is 0.384 e. The fourth-order valence-electron chi connectivity index (χ4n) is 2.19. The van der Waals surface area contributed by atoms with Crippen molar-refractivity contribution in [1.29, 1.82) is 0 Å². The van der Waals surface area contributed by atoms with Crippen molar-refractivity contribution in [2.24, 2.45) is 4.99 Å². The van der Waals surface area contributed by atoms with Gasteiger partial charge in [-0.05, 0) is 19.1 Å². The van der Waals surface area contributed by atoms with Crippen LogP contribution in [0, 0.1) is 6.92 Å². The summed E-state index contributed by atoms with van der Waals surface area (Å²) < 4.78 is 6.95. The number of amidine groups is 1. The van der Waals surface area contributed by atoms with Gasteiger partial charge in [0.15, 0.2) is 11.5 Å². The van der Waals surface area contributed by atoms with E-state index >= 15 is 0 Å². The van der Waals surface area contributed by atoms with Crippen LogP contribution in [0.5, 0.6) is 0 Å². The van der Waals surface area contributed by atoms with E-state index in [-0.39, 0.29) is 0 Å². The number of rotatable bonds is 4. The van der Waals surface area contributed by atoms with Crippen LogP contribution in [0.15, 0.2) is 17.1 Å². The summed E-state index contributed by atoms with van der Waals surface area (Å²) in [7, 11) is 1.68. The Bertz CT molecular complexity index is 631. The molecule has 2 aromatic rings. The Hall–Kier alpha value is -1.95. The molecule has 1 aliphatic heterocycles. The second kappa shape index (κ2) is 4.97. The van der Waals surface area contributed by atoms with Crippen LogP contribution < -0.4 is 5.32 Å². The first kappa shape index (κ1) is 12.1. The first-order chi connectivity index (χ1) is 9.29. The normalized spacial score (nSPS) is 14.7. The van der Waals surface area contributed by atoms with E-state index in [4.69, 9.17) is 4.74 Å². The minimum Gasteiger partial charge on any atom is -0.384 e. The summed E-state index contributed by atoms with van der Waals surface area (Å²) in [6.45, 7) is 4.36. The maximum absolute atomic E-state index is 5.08. The Labute approximate surface area is 111 Å². The van der Waals surface area contributed by atoms with Crippen molar-refractivity contribution in [3.63, 3.8) is 0 Å². The predicted octanol–water partition coefficient (Wildman–Crippen LogP) is 0.576. The number of pyridine rings is 1. The highest BCUT2D eigenvalue weighted by Crippen LogP contribution is 2.14. The Morgan fingerprint density at radius 2 is 2.32 bits per heavy atom. The second-order valence-corrected chi connectivity index (χ2v) is 4.55. The number of hydrogen-bond acceptors (Lipinski definition) is 5. The summed E-state index contributed by atoms with van der Waals surface area (Å²) in [5.41, 5.74) is 2.94. The highest BCUT2D eigenvalue weighted by Gasteiger charge is 2.16. The van der Waals surface area contributed by atoms with Crippen LogP contribution in [-0.4, -0.2) is 47.2 Å². The molecule has 0 radical (unpaired) electrons. The lowest BCUT2D eigenvalue weighted by Gasteiger charge is -2.05. The van der Waals surface area contributed by atoms with Gasteiger partial charge < -0.3 is 10.1 Å². The summed E-state index contributed by atoms with van der Waals surface area (Å²) in [5.74, 6) is 1.71. The molecule has 0 saturated carbocycles. The van der Waals surface area contributed by atoms with E-state index in [9.17, 15) is 0 Å². The van der Waals surface area contributed by atoms with Crippen LogP contribution in [0.25, 0.3) is 5.65 Å². The number of aryl methyl sites for hydroxylation is 1. The molecule has 0 amide bonds. The van der Waals surface area contributed by atoms with Gasteiger partial charge in [0, 0.05) is 25.8 Å². The average molecular weight is 259 g/mol. The van der Waals surface area contributed by atoms with Crippen LogP contribution >= 0.6 is 0 Å². The van der Waals surface area contributed by atoms with Gasteiger partial charge in [0.1, 0.15) is 5.84 Å². The Morgan fingerprint density at radius 3 is 3.05 bits per heavy atom. The zero-order valence-corrected chi connectivity index (χ0v) is 11.2. The molecule has 19 heavy (non-hydrogen) atoms. The van der Waals surface area contributed by atoms with Gasteiger partial charge in [0.25, 0.3) is 0 Å². The number of nitrogens with zero attached hydrogens (tertiary/aromatic N) is 4. The lowest BCUT2D eigenvalue weighted by atomic mass is 10.2. The summed E-state index contributed by atoms with van der Waals surface area (Å²) in [4.78, 5) is 9.06. The van der Waals surface area contributed by atoms with E-state index in [2.05, 4.69) is 26.5 Å². The lowest BCUT2D eigenvalue weighted by molar-refractivity contribution is 0.200. The molecule has 0 aromatic carbocycles. The molecule has 3 rings (SSSR count). The van der Waals surface area contributed by atoms with E-state index in [1.807, 2.05) is 17.5 Å². The zero-order valence-electron chi connectivity index (χ0n) is 11.2. The zero-order chi connectivity index (χ0) is 13.2. The summed E-state index contributed by atoms with van der Waals surface area (Å²) in [6.07, 6.45) is 0.719. The average Bonchev–Trinajstić information content (AvgIpc) is 3.06. The fourth-order valence-corrected chi connectivity index (χ4v) is 2.19.